The highest BCUT2D eigenvalue weighted by Gasteiger charge is 2.26. The highest BCUT2D eigenvalue weighted by atomic mass is 16.2. The molecule has 0 radical (unpaired) electrons. The second-order valence-electron chi connectivity index (χ2n) is 5.38. The first-order valence-electron chi connectivity index (χ1n) is 6.84. The summed E-state index contributed by atoms with van der Waals surface area (Å²) in [7, 11) is 0. The van der Waals surface area contributed by atoms with Crippen LogP contribution in [0.2, 0.25) is 0 Å². The standard InChI is InChI=1S/C16H20N2O2/c1-11(2)15-8-5-9-18(15)16(20)17-14-7-4-6-13(10-14)12(3)19/h4-8,10-11,15H,9H2,1-3H3,(H,17,20)/t15-/m0/s1. The zero-order chi connectivity index (χ0) is 14.7. The number of benzene rings is 1. The monoisotopic (exact) mass is 272 g/mol. The van der Waals surface area contributed by atoms with Gasteiger partial charge in [-0.1, -0.05) is 38.1 Å². The van der Waals surface area contributed by atoms with E-state index in [1.807, 2.05) is 6.08 Å². The maximum absolute atomic E-state index is 12.3. The molecule has 1 atom stereocenters. The molecule has 4 heteroatoms. The molecular formula is C16H20N2O2. The van der Waals surface area contributed by atoms with Crippen molar-refractivity contribution in [2.24, 2.45) is 5.92 Å². The van der Waals surface area contributed by atoms with Gasteiger partial charge in [0.1, 0.15) is 0 Å². The minimum atomic E-state index is -0.130. The largest absolute Gasteiger partial charge is 0.322 e. The summed E-state index contributed by atoms with van der Waals surface area (Å²) in [6.45, 7) is 6.33. The fourth-order valence-electron chi connectivity index (χ4n) is 2.35. The summed E-state index contributed by atoms with van der Waals surface area (Å²) in [4.78, 5) is 25.4. The van der Waals surface area contributed by atoms with Crippen LogP contribution in [0.25, 0.3) is 0 Å². The van der Waals surface area contributed by atoms with Crippen LogP contribution in [0.4, 0.5) is 10.5 Å². The van der Waals surface area contributed by atoms with Gasteiger partial charge in [-0.05, 0) is 25.0 Å². The van der Waals surface area contributed by atoms with E-state index in [-0.39, 0.29) is 17.9 Å². The minimum Gasteiger partial charge on any atom is -0.314 e. The van der Waals surface area contributed by atoms with E-state index in [1.165, 1.54) is 6.92 Å². The van der Waals surface area contributed by atoms with Crippen LogP contribution >= 0.6 is 0 Å². The number of Topliss-reactive ketones (excluding diaryl/α,β-unsaturated/α-hetero) is 1. The molecule has 1 aliphatic rings. The Labute approximate surface area is 119 Å². The smallest absolute Gasteiger partial charge is 0.314 e. The Balaban J connectivity index is 2.08. The van der Waals surface area contributed by atoms with Crippen molar-refractivity contribution >= 4 is 17.5 Å². The molecule has 1 aromatic rings. The lowest BCUT2D eigenvalue weighted by molar-refractivity contribution is 0.101. The average molecular weight is 272 g/mol. The lowest BCUT2D eigenvalue weighted by Gasteiger charge is -2.27. The summed E-state index contributed by atoms with van der Waals surface area (Å²) in [6.07, 6.45) is 4.08. The van der Waals surface area contributed by atoms with Gasteiger partial charge in [-0.25, -0.2) is 4.79 Å². The van der Waals surface area contributed by atoms with Crippen LogP contribution < -0.4 is 5.32 Å². The Morgan fingerprint density at radius 2 is 2.10 bits per heavy atom. The third-order valence-corrected chi connectivity index (χ3v) is 3.46. The molecule has 2 rings (SSSR count). The van der Waals surface area contributed by atoms with E-state index in [9.17, 15) is 9.59 Å². The quantitative estimate of drug-likeness (QED) is 0.678. The van der Waals surface area contributed by atoms with Crippen LogP contribution in [0.3, 0.4) is 0 Å². The lowest BCUT2D eigenvalue weighted by Crippen LogP contribution is -2.41. The molecule has 106 valence electrons. The van der Waals surface area contributed by atoms with Gasteiger partial charge in [-0.15, -0.1) is 0 Å². The summed E-state index contributed by atoms with van der Waals surface area (Å²) < 4.78 is 0. The minimum absolute atomic E-state index is 0.0102. The molecule has 0 saturated heterocycles. The van der Waals surface area contributed by atoms with Crippen molar-refractivity contribution in [3.8, 4) is 0 Å². The number of carbonyl (C=O) groups is 2. The Morgan fingerprint density at radius 3 is 2.75 bits per heavy atom. The van der Waals surface area contributed by atoms with Gasteiger partial charge in [-0.3, -0.25) is 4.79 Å². The highest BCUT2D eigenvalue weighted by Crippen LogP contribution is 2.20. The van der Waals surface area contributed by atoms with Gasteiger partial charge in [0.05, 0.1) is 6.04 Å². The van der Waals surface area contributed by atoms with Gasteiger partial charge in [0.2, 0.25) is 0 Å². The molecule has 1 aromatic carbocycles. The Hall–Kier alpha value is -2.10. The fourth-order valence-corrected chi connectivity index (χ4v) is 2.35. The number of hydrogen-bond donors (Lipinski definition) is 1. The van der Waals surface area contributed by atoms with E-state index in [0.29, 0.717) is 23.7 Å². The number of ketones is 1. The molecule has 0 saturated carbocycles. The van der Waals surface area contributed by atoms with E-state index < -0.39 is 0 Å². The van der Waals surface area contributed by atoms with E-state index in [4.69, 9.17) is 0 Å². The van der Waals surface area contributed by atoms with Crippen LogP contribution in [-0.4, -0.2) is 29.3 Å². The van der Waals surface area contributed by atoms with Gasteiger partial charge in [0.25, 0.3) is 0 Å². The van der Waals surface area contributed by atoms with Gasteiger partial charge >= 0.3 is 6.03 Å². The number of hydrogen-bond acceptors (Lipinski definition) is 2. The third-order valence-electron chi connectivity index (χ3n) is 3.46. The van der Waals surface area contributed by atoms with Crippen molar-refractivity contribution in [2.75, 3.05) is 11.9 Å². The average Bonchev–Trinajstić information content (AvgIpc) is 2.88. The third kappa shape index (κ3) is 3.07. The van der Waals surface area contributed by atoms with E-state index >= 15 is 0 Å². The van der Waals surface area contributed by atoms with Crippen LogP contribution in [0.1, 0.15) is 31.1 Å². The number of nitrogens with zero attached hydrogens (tertiary/aromatic N) is 1. The zero-order valence-electron chi connectivity index (χ0n) is 12.1. The van der Waals surface area contributed by atoms with Crippen LogP contribution in [0.15, 0.2) is 36.4 Å². The molecule has 1 heterocycles. The van der Waals surface area contributed by atoms with Gasteiger partial charge in [0, 0.05) is 17.8 Å². The van der Waals surface area contributed by atoms with Crippen LogP contribution in [-0.2, 0) is 0 Å². The summed E-state index contributed by atoms with van der Waals surface area (Å²) >= 11 is 0. The number of anilines is 1. The highest BCUT2D eigenvalue weighted by molar-refractivity contribution is 5.96. The summed E-state index contributed by atoms with van der Waals surface area (Å²) in [6, 6.07) is 7.01. The van der Waals surface area contributed by atoms with Crippen molar-refractivity contribution in [1.29, 1.82) is 0 Å². The Morgan fingerprint density at radius 1 is 1.35 bits per heavy atom. The van der Waals surface area contributed by atoms with Crippen molar-refractivity contribution < 1.29 is 9.59 Å². The van der Waals surface area contributed by atoms with E-state index in [1.54, 1.807) is 29.2 Å². The van der Waals surface area contributed by atoms with Crippen molar-refractivity contribution in [3.05, 3.63) is 42.0 Å². The topological polar surface area (TPSA) is 49.4 Å². The molecule has 4 nitrogen and oxygen atoms in total. The molecule has 1 N–H and O–H groups in total. The zero-order valence-corrected chi connectivity index (χ0v) is 12.1. The molecule has 0 fully saturated rings. The number of amides is 2. The molecule has 0 spiro atoms. The molecule has 0 aromatic heterocycles. The van der Waals surface area contributed by atoms with Crippen molar-refractivity contribution in [1.82, 2.24) is 4.90 Å². The first-order chi connectivity index (χ1) is 9.49. The summed E-state index contributed by atoms with van der Waals surface area (Å²) in [5.41, 5.74) is 1.25. The predicted octanol–water partition coefficient (Wildman–Crippen LogP) is 3.32. The number of rotatable bonds is 3. The maximum Gasteiger partial charge on any atom is 0.322 e. The van der Waals surface area contributed by atoms with Gasteiger partial charge in [0.15, 0.2) is 5.78 Å². The normalized spacial score (nSPS) is 17.6. The molecule has 0 aliphatic carbocycles. The molecular weight excluding hydrogens is 252 g/mol. The first kappa shape index (κ1) is 14.3. The van der Waals surface area contributed by atoms with Crippen LogP contribution in [0.5, 0.6) is 0 Å². The summed E-state index contributed by atoms with van der Waals surface area (Å²) in [5, 5.41) is 2.86. The number of nitrogens with one attached hydrogen (secondary N) is 1. The number of urea groups is 1. The molecule has 0 bridgehead atoms. The first-order valence-corrected chi connectivity index (χ1v) is 6.84. The number of carbonyl (C=O) groups excluding carboxylic acids is 2. The second-order valence-corrected chi connectivity index (χ2v) is 5.38. The van der Waals surface area contributed by atoms with Crippen molar-refractivity contribution in [3.63, 3.8) is 0 Å². The predicted molar refractivity (Wildman–Crippen MR) is 79.9 cm³/mol. The Bertz CT molecular complexity index is 549. The maximum atomic E-state index is 12.3. The second kappa shape index (κ2) is 5.90. The molecule has 20 heavy (non-hydrogen) atoms. The van der Waals surface area contributed by atoms with E-state index in [0.717, 1.165) is 0 Å². The van der Waals surface area contributed by atoms with Gasteiger partial charge < -0.3 is 10.2 Å². The molecule has 1 aliphatic heterocycles. The molecule has 2 amide bonds. The SMILES string of the molecule is CC(=O)c1cccc(NC(=O)N2CC=C[C@H]2C(C)C)c1. The summed E-state index contributed by atoms with van der Waals surface area (Å²) in [5.74, 6) is 0.368. The fraction of sp³-hybridized carbons (Fsp3) is 0.375. The van der Waals surface area contributed by atoms with Crippen LogP contribution in [0, 0.1) is 5.92 Å². The lowest BCUT2D eigenvalue weighted by atomic mass is 10.1. The Kier molecular flexibility index (Phi) is 4.23. The van der Waals surface area contributed by atoms with Crippen molar-refractivity contribution in [2.45, 2.75) is 26.8 Å². The van der Waals surface area contributed by atoms with Gasteiger partial charge in [-0.2, -0.15) is 0 Å². The molecule has 0 unspecified atom stereocenters. The van der Waals surface area contributed by atoms with E-state index in [2.05, 4.69) is 25.2 Å².